The van der Waals surface area contributed by atoms with Crippen LogP contribution in [0, 0.1) is 0 Å². The van der Waals surface area contributed by atoms with E-state index >= 15 is 0 Å². The second-order valence-corrected chi connectivity index (χ2v) is 3.90. The summed E-state index contributed by atoms with van der Waals surface area (Å²) in [6.07, 6.45) is 2.71. The second kappa shape index (κ2) is 5.01. The maximum atomic E-state index is 5.62. The van der Waals surface area contributed by atoms with Crippen LogP contribution < -0.4 is 10.5 Å². The van der Waals surface area contributed by atoms with Gasteiger partial charge in [-0.2, -0.15) is 5.10 Å². The van der Waals surface area contributed by atoms with Crippen molar-refractivity contribution in [2.75, 3.05) is 13.7 Å². The number of rotatable bonds is 4. The summed E-state index contributed by atoms with van der Waals surface area (Å²) in [5.41, 5.74) is 9.07. The van der Waals surface area contributed by atoms with Gasteiger partial charge in [0.25, 0.3) is 0 Å². The highest BCUT2D eigenvalue weighted by molar-refractivity contribution is 5.66. The number of hydrogen-bond donors (Lipinski definition) is 1. The summed E-state index contributed by atoms with van der Waals surface area (Å²) in [6.45, 7) is 0.628. The fourth-order valence-corrected chi connectivity index (χ4v) is 1.91. The molecule has 0 saturated heterocycles. The van der Waals surface area contributed by atoms with E-state index in [9.17, 15) is 0 Å². The van der Waals surface area contributed by atoms with E-state index in [1.165, 1.54) is 0 Å². The molecule has 0 spiro atoms. The Morgan fingerprint density at radius 3 is 2.59 bits per heavy atom. The van der Waals surface area contributed by atoms with Gasteiger partial charge in [-0.15, -0.1) is 0 Å². The minimum Gasteiger partial charge on any atom is -0.497 e. The van der Waals surface area contributed by atoms with E-state index in [2.05, 4.69) is 5.10 Å². The van der Waals surface area contributed by atoms with Gasteiger partial charge in [0.05, 0.1) is 13.3 Å². The molecule has 0 aliphatic heterocycles. The fourth-order valence-electron chi connectivity index (χ4n) is 1.91. The summed E-state index contributed by atoms with van der Waals surface area (Å²) in [5, 5.41) is 4.28. The lowest BCUT2D eigenvalue weighted by Crippen LogP contribution is -2.08. The predicted octanol–water partition coefficient (Wildman–Crippen LogP) is 1.60. The Hall–Kier alpha value is -1.81. The minimum absolute atomic E-state index is 0.628. The van der Waals surface area contributed by atoms with E-state index in [4.69, 9.17) is 10.5 Å². The van der Waals surface area contributed by atoms with Crippen molar-refractivity contribution < 1.29 is 4.74 Å². The molecule has 1 aromatic heterocycles. The number of benzene rings is 1. The first-order valence-electron chi connectivity index (χ1n) is 5.61. The van der Waals surface area contributed by atoms with Crippen molar-refractivity contribution in [1.82, 2.24) is 9.78 Å². The van der Waals surface area contributed by atoms with Gasteiger partial charge in [-0.1, -0.05) is 12.1 Å². The molecule has 90 valence electrons. The number of nitrogens with two attached hydrogens (primary N) is 1. The van der Waals surface area contributed by atoms with E-state index in [1.54, 1.807) is 7.11 Å². The molecular weight excluding hydrogens is 214 g/mol. The molecule has 0 aliphatic carbocycles. The van der Waals surface area contributed by atoms with Crippen LogP contribution in [0.5, 0.6) is 5.75 Å². The lowest BCUT2D eigenvalue weighted by molar-refractivity contribution is 0.415. The molecule has 0 fully saturated rings. The molecule has 2 N–H and O–H groups in total. The van der Waals surface area contributed by atoms with E-state index in [0.29, 0.717) is 6.54 Å². The maximum Gasteiger partial charge on any atom is 0.118 e. The highest BCUT2D eigenvalue weighted by Gasteiger charge is 2.09. The Labute approximate surface area is 101 Å². The van der Waals surface area contributed by atoms with E-state index in [1.807, 2.05) is 42.2 Å². The SMILES string of the molecule is COc1ccc(-c2cnn(C)c2CCN)cc1. The average molecular weight is 231 g/mol. The van der Waals surface area contributed by atoms with Gasteiger partial charge in [-0.3, -0.25) is 4.68 Å². The lowest BCUT2D eigenvalue weighted by atomic mass is 10.0. The van der Waals surface area contributed by atoms with Gasteiger partial charge < -0.3 is 10.5 Å². The normalized spacial score (nSPS) is 10.5. The molecule has 0 radical (unpaired) electrons. The quantitative estimate of drug-likeness (QED) is 0.869. The van der Waals surface area contributed by atoms with Gasteiger partial charge >= 0.3 is 0 Å². The third kappa shape index (κ3) is 2.31. The Morgan fingerprint density at radius 1 is 1.29 bits per heavy atom. The summed E-state index contributed by atoms with van der Waals surface area (Å²) in [6, 6.07) is 7.98. The van der Waals surface area contributed by atoms with Crippen LogP contribution in [-0.2, 0) is 13.5 Å². The largest absolute Gasteiger partial charge is 0.497 e. The summed E-state index contributed by atoms with van der Waals surface area (Å²) < 4.78 is 7.03. The summed E-state index contributed by atoms with van der Waals surface area (Å²) in [7, 11) is 3.61. The topological polar surface area (TPSA) is 53.1 Å². The first-order valence-corrected chi connectivity index (χ1v) is 5.61. The molecule has 0 bridgehead atoms. The molecule has 0 saturated carbocycles. The number of methoxy groups -OCH3 is 1. The fraction of sp³-hybridized carbons (Fsp3) is 0.308. The van der Waals surface area contributed by atoms with Crippen LogP contribution in [0.25, 0.3) is 11.1 Å². The smallest absolute Gasteiger partial charge is 0.118 e. The molecule has 0 aliphatic rings. The third-order valence-electron chi connectivity index (χ3n) is 2.84. The van der Waals surface area contributed by atoms with Gasteiger partial charge in [0.15, 0.2) is 0 Å². The van der Waals surface area contributed by atoms with Gasteiger partial charge in [0.2, 0.25) is 0 Å². The summed E-state index contributed by atoms with van der Waals surface area (Å²) >= 11 is 0. The number of aryl methyl sites for hydroxylation is 1. The van der Waals surface area contributed by atoms with E-state index < -0.39 is 0 Å². The van der Waals surface area contributed by atoms with Gasteiger partial charge in [0.1, 0.15) is 5.75 Å². The first kappa shape index (κ1) is 11.7. The van der Waals surface area contributed by atoms with Gasteiger partial charge in [-0.05, 0) is 24.2 Å². The summed E-state index contributed by atoms with van der Waals surface area (Å²) in [4.78, 5) is 0. The monoisotopic (exact) mass is 231 g/mol. The Morgan fingerprint density at radius 2 is 2.00 bits per heavy atom. The molecule has 0 unspecified atom stereocenters. The molecular formula is C13H17N3O. The van der Waals surface area contributed by atoms with Crippen molar-refractivity contribution >= 4 is 0 Å². The average Bonchev–Trinajstić information content (AvgIpc) is 2.72. The van der Waals surface area contributed by atoms with Gasteiger partial charge in [-0.25, -0.2) is 0 Å². The predicted molar refractivity (Wildman–Crippen MR) is 68.0 cm³/mol. The molecule has 0 amide bonds. The van der Waals surface area contributed by atoms with Crippen molar-refractivity contribution in [3.63, 3.8) is 0 Å². The van der Waals surface area contributed by atoms with Crippen LogP contribution in [0.1, 0.15) is 5.69 Å². The molecule has 1 aromatic carbocycles. The number of aromatic nitrogens is 2. The molecule has 0 atom stereocenters. The molecule has 4 heteroatoms. The van der Waals surface area contributed by atoms with Crippen molar-refractivity contribution in [2.45, 2.75) is 6.42 Å². The van der Waals surface area contributed by atoms with Crippen molar-refractivity contribution in [3.05, 3.63) is 36.2 Å². The molecule has 2 aromatic rings. The summed E-state index contributed by atoms with van der Waals surface area (Å²) in [5.74, 6) is 0.859. The third-order valence-corrected chi connectivity index (χ3v) is 2.84. The van der Waals surface area contributed by atoms with E-state index in [0.717, 1.165) is 29.0 Å². The van der Waals surface area contributed by atoms with Crippen molar-refractivity contribution in [3.8, 4) is 16.9 Å². The Balaban J connectivity index is 2.38. The zero-order valence-corrected chi connectivity index (χ0v) is 10.2. The highest BCUT2D eigenvalue weighted by Crippen LogP contribution is 2.25. The van der Waals surface area contributed by atoms with Crippen LogP contribution in [0.4, 0.5) is 0 Å². The molecule has 2 rings (SSSR count). The minimum atomic E-state index is 0.628. The van der Waals surface area contributed by atoms with Gasteiger partial charge in [0, 0.05) is 24.7 Å². The standard InChI is InChI=1S/C13H17N3O/c1-16-13(7-8-14)12(9-15-16)10-3-5-11(17-2)6-4-10/h3-6,9H,7-8,14H2,1-2H3. The van der Waals surface area contributed by atoms with Crippen LogP contribution in [0.3, 0.4) is 0 Å². The van der Waals surface area contributed by atoms with Crippen LogP contribution >= 0.6 is 0 Å². The zero-order valence-electron chi connectivity index (χ0n) is 10.2. The Kier molecular flexibility index (Phi) is 3.44. The molecule has 17 heavy (non-hydrogen) atoms. The number of ether oxygens (including phenoxy) is 1. The molecule has 1 heterocycles. The first-order chi connectivity index (χ1) is 8.26. The molecule has 4 nitrogen and oxygen atoms in total. The van der Waals surface area contributed by atoms with Crippen LogP contribution in [0.15, 0.2) is 30.5 Å². The Bertz CT molecular complexity index is 488. The number of hydrogen-bond acceptors (Lipinski definition) is 3. The van der Waals surface area contributed by atoms with E-state index in [-0.39, 0.29) is 0 Å². The van der Waals surface area contributed by atoms with Crippen LogP contribution in [-0.4, -0.2) is 23.4 Å². The highest BCUT2D eigenvalue weighted by atomic mass is 16.5. The maximum absolute atomic E-state index is 5.62. The lowest BCUT2D eigenvalue weighted by Gasteiger charge is -2.06. The van der Waals surface area contributed by atoms with Crippen molar-refractivity contribution in [2.24, 2.45) is 12.8 Å². The second-order valence-electron chi connectivity index (χ2n) is 3.90. The number of nitrogens with zero attached hydrogens (tertiary/aromatic N) is 2. The zero-order chi connectivity index (χ0) is 12.3. The van der Waals surface area contributed by atoms with Crippen molar-refractivity contribution in [1.29, 1.82) is 0 Å². The van der Waals surface area contributed by atoms with Crippen LogP contribution in [0.2, 0.25) is 0 Å².